The van der Waals surface area contributed by atoms with Gasteiger partial charge in [-0.2, -0.15) is 0 Å². The third kappa shape index (κ3) is 5.75. The predicted octanol–water partition coefficient (Wildman–Crippen LogP) is 1.55. The third-order valence-corrected chi connectivity index (χ3v) is 5.68. The Hall–Kier alpha value is -2.49. The van der Waals surface area contributed by atoms with Gasteiger partial charge in [-0.1, -0.05) is 25.5 Å². The lowest BCUT2D eigenvalue weighted by atomic mass is 10.1. The number of aliphatic hydroxyl groups is 2. The maximum absolute atomic E-state index is 12.6. The molecule has 0 saturated carbocycles. The van der Waals surface area contributed by atoms with Gasteiger partial charge in [0.25, 0.3) is 5.91 Å². The van der Waals surface area contributed by atoms with Gasteiger partial charge in [0, 0.05) is 6.20 Å². The van der Waals surface area contributed by atoms with E-state index in [-0.39, 0.29) is 12.2 Å². The molecule has 0 bridgehead atoms. The molecule has 2 rings (SSSR count). The molecule has 0 radical (unpaired) electrons. The normalized spacial score (nSPS) is 12.4. The number of aliphatic hydroxyl groups excluding tert-OH is 2. The van der Waals surface area contributed by atoms with Gasteiger partial charge in [0.1, 0.15) is 11.0 Å². The molecule has 1 aromatic carbocycles. The summed E-state index contributed by atoms with van der Waals surface area (Å²) >= 11 is 0. The lowest BCUT2D eigenvalue weighted by molar-refractivity contribution is 0.0980. The predicted molar refractivity (Wildman–Crippen MR) is 103 cm³/mol. The fourth-order valence-electron chi connectivity index (χ4n) is 2.41. The minimum atomic E-state index is -4.19. The number of benzene rings is 1. The van der Waals surface area contributed by atoms with Gasteiger partial charge in [0.2, 0.25) is 10.0 Å². The number of pyridine rings is 1. The van der Waals surface area contributed by atoms with Crippen molar-refractivity contribution in [3.8, 4) is 5.75 Å². The lowest BCUT2D eigenvalue weighted by Crippen LogP contribution is -2.35. The van der Waals surface area contributed by atoms with E-state index < -0.39 is 27.8 Å². The molecule has 1 aromatic heterocycles. The zero-order chi connectivity index (χ0) is 20.6. The number of rotatable bonds is 10. The minimum Gasteiger partial charge on any atom is -0.494 e. The molecule has 152 valence electrons. The second kappa shape index (κ2) is 10.2. The largest absolute Gasteiger partial charge is 0.494 e. The maximum atomic E-state index is 12.6. The Labute approximate surface area is 164 Å². The van der Waals surface area contributed by atoms with Gasteiger partial charge in [0.05, 0.1) is 31.1 Å². The van der Waals surface area contributed by atoms with Crippen molar-refractivity contribution in [2.24, 2.45) is 0 Å². The van der Waals surface area contributed by atoms with E-state index in [4.69, 9.17) is 9.84 Å². The van der Waals surface area contributed by atoms with Crippen LogP contribution in [0.15, 0.2) is 42.6 Å². The van der Waals surface area contributed by atoms with E-state index in [0.29, 0.717) is 23.6 Å². The van der Waals surface area contributed by atoms with Crippen LogP contribution in [0.3, 0.4) is 0 Å². The van der Waals surface area contributed by atoms with Crippen molar-refractivity contribution >= 4 is 15.9 Å². The van der Waals surface area contributed by atoms with Crippen LogP contribution >= 0.6 is 0 Å². The van der Waals surface area contributed by atoms with Crippen LogP contribution in [0.4, 0.5) is 0 Å². The summed E-state index contributed by atoms with van der Waals surface area (Å²) in [6.45, 7) is 1.64. The number of nitrogens with one attached hydrogen (secondary N) is 1. The number of carbonyl (C=O) groups excluding carboxylic acids is 1. The fourth-order valence-corrected chi connectivity index (χ4v) is 3.64. The molecule has 3 N–H and O–H groups in total. The number of nitrogens with zero attached hydrogens (tertiary/aromatic N) is 1. The van der Waals surface area contributed by atoms with E-state index in [1.807, 2.05) is 4.72 Å². The summed E-state index contributed by atoms with van der Waals surface area (Å²) in [5, 5.41) is 17.3. The zero-order valence-electron chi connectivity index (χ0n) is 15.5. The molecule has 0 aliphatic heterocycles. The van der Waals surface area contributed by atoms with E-state index in [9.17, 15) is 18.3 Å². The van der Waals surface area contributed by atoms with Gasteiger partial charge in [0.15, 0.2) is 0 Å². The number of aromatic nitrogens is 1. The van der Waals surface area contributed by atoms with Crippen molar-refractivity contribution in [2.75, 3.05) is 13.2 Å². The van der Waals surface area contributed by atoms with Gasteiger partial charge < -0.3 is 14.9 Å². The number of ether oxygens (including phenoxy) is 1. The fraction of sp³-hybridized carbons (Fsp3) is 0.368. The molecule has 1 heterocycles. The Morgan fingerprint density at radius 2 is 1.89 bits per heavy atom. The van der Waals surface area contributed by atoms with Gasteiger partial charge in [-0.3, -0.25) is 9.78 Å². The topological polar surface area (TPSA) is 126 Å². The molecular formula is C19H24N2O6S. The van der Waals surface area contributed by atoms with Crippen molar-refractivity contribution in [3.05, 3.63) is 59.4 Å². The Kier molecular flexibility index (Phi) is 7.91. The molecule has 0 fully saturated rings. The highest BCUT2D eigenvalue weighted by atomic mass is 32.2. The Morgan fingerprint density at radius 3 is 2.43 bits per heavy atom. The molecule has 28 heavy (non-hydrogen) atoms. The van der Waals surface area contributed by atoms with Crippen molar-refractivity contribution in [3.63, 3.8) is 0 Å². The standard InChI is InChI=1S/C19H24N2O6S/c1-2-3-10-27-17-8-5-14(6-9-17)18(13-23)28(25,26)21-19(24)15-4-7-16(12-22)20-11-15/h4-9,11,18,22-23H,2-3,10,12-13H2,1H3,(H,21,24). The first-order chi connectivity index (χ1) is 13.4. The monoisotopic (exact) mass is 408 g/mol. The summed E-state index contributed by atoms with van der Waals surface area (Å²) in [5.41, 5.74) is 0.713. The van der Waals surface area contributed by atoms with Gasteiger partial charge in [-0.05, 0) is 36.2 Å². The molecule has 9 heteroatoms. The SMILES string of the molecule is CCCCOc1ccc(C(CO)S(=O)(=O)NC(=O)c2ccc(CO)nc2)cc1. The van der Waals surface area contributed by atoms with Gasteiger partial charge in [-0.15, -0.1) is 0 Å². The molecule has 0 saturated heterocycles. The molecule has 8 nitrogen and oxygen atoms in total. The average Bonchev–Trinajstić information content (AvgIpc) is 2.69. The first kappa shape index (κ1) is 21.8. The summed E-state index contributed by atoms with van der Waals surface area (Å²) in [6, 6.07) is 9.13. The molecule has 1 unspecified atom stereocenters. The number of unbranched alkanes of at least 4 members (excludes halogenated alkanes) is 1. The van der Waals surface area contributed by atoms with Gasteiger partial charge >= 0.3 is 0 Å². The van der Waals surface area contributed by atoms with E-state index >= 15 is 0 Å². The minimum absolute atomic E-state index is 0.0251. The lowest BCUT2D eigenvalue weighted by Gasteiger charge is -2.17. The van der Waals surface area contributed by atoms with E-state index in [1.165, 1.54) is 18.3 Å². The van der Waals surface area contributed by atoms with Crippen molar-refractivity contribution in [2.45, 2.75) is 31.6 Å². The number of amides is 1. The molecule has 1 amide bonds. The van der Waals surface area contributed by atoms with Crippen LogP contribution in [0.1, 0.15) is 46.6 Å². The Morgan fingerprint density at radius 1 is 1.18 bits per heavy atom. The van der Waals surface area contributed by atoms with Crippen LogP contribution < -0.4 is 9.46 Å². The quantitative estimate of drug-likeness (QED) is 0.509. The van der Waals surface area contributed by atoms with Gasteiger partial charge in [-0.25, -0.2) is 13.1 Å². The molecule has 1 atom stereocenters. The third-order valence-electron chi connectivity index (χ3n) is 4.04. The zero-order valence-corrected chi connectivity index (χ0v) is 16.4. The average molecular weight is 408 g/mol. The summed E-state index contributed by atoms with van der Waals surface area (Å²) in [7, 11) is -4.19. The summed E-state index contributed by atoms with van der Waals surface area (Å²) in [4.78, 5) is 16.1. The Balaban J connectivity index is 2.11. The summed E-state index contributed by atoms with van der Waals surface area (Å²) in [6.07, 6.45) is 3.09. The van der Waals surface area contributed by atoms with Crippen LogP contribution in [0.5, 0.6) is 5.75 Å². The van der Waals surface area contributed by atoms with Crippen molar-refractivity contribution < 1.29 is 28.2 Å². The second-order valence-electron chi connectivity index (χ2n) is 6.11. The smallest absolute Gasteiger partial charge is 0.266 e. The first-order valence-electron chi connectivity index (χ1n) is 8.86. The highest BCUT2D eigenvalue weighted by Crippen LogP contribution is 2.24. The number of hydrogen-bond acceptors (Lipinski definition) is 7. The number of hydrogen-bond donors (Lipinski definition) is 3. The van der Waals surface area contributed by atoms with E-state index in [0.717, 1.165) is 12.8 Å². The van der Waals surface area contributed by atoms with E-state index in [1.54, 1.807) is 24.3 Å². The van der Waals surface area contributed by atoms with Crippen LogP contribution in [0, 0.1) is 0 Å². The number of carbonyl (C=O) groups is 1. The van der Waals surface area contributed by atoms with Crippen molar-refractivity contribution in [1.82, 2.24) is 9.71 Å². The van der Waals surface area contributed by atoms with Crippen LogP contribution in [-0.2, 0) is 16.6 Å². The highest BCUT2D eigenvalue weighted by molar-refractivity contribution is 7.90. The second-order valence-corrected chi connectivity index (χ2v) is 7.98. The summed E-state index contributed by atoms with van der Waals surface area (Å²) in [5.74, 6) is -0.264. The first-order valence-corrected chi connectivity index (χ1v) is 10.4. The molecular weight excluding hydrogens is 384 g/mol. The maximum Gasteiger partial charge on any atom is 0.266 e. The Bertz CT molecular complexity index is 866. The van der Waals surface area contributed by atoms with Crippen LogP contribution in [0.25, 0.3) is 0 Å². The van der Waals surface area contributed by atoms with E-state index in [2.05, 4.69) is 11.9 Å². The van der Waals surface area contributed by atoms with Crippen LogP contribution in [0.2, 0.25) is 0 Å². The molecule has 2 aromatic rings. The molecule has 0 aliphatic rings. The molecule has 0 spiro atoms. The van der Waals surface area contributed by atoms with Crippen molar-refractivity contribution in [1.29, 1.82) is 0 Å². The number of sulfonamides is 1. The van der Waals surface area contributed by atoms with Crippen LogP contribution in [-0.4, -0.2) is 42.7 Å². The summed E-state index contributed by atoms with van der Waals surface area (Å²) < 4.78 is 32.7. The molecule has 0 aliphatic carbocycles. The highest BCUT2D eigenvalue weighted by Gasteiger charge is 2.29.